The van der Waals surface area contributed by atoms with Crippen molar-refractivity contribution in [1.82, 2.24) is 25.2 Å². The van der Waals surface area contributed by atoms with Gasteiger partial charge in [0.1, 0.15) is 5.69 Å². The van der Waals surface area contributed by atoms with Crippen LogP contribution in [0.1, 0.15) is 22.0 Å². The fraction of sp³-hybridized carbons (Fsp3) is 0.400. The minimum atomic E-state index is -0.122. The molecule has 2 heterocycles. The number of hydrogen-bond donors (Lipinski definition) is 1. The van der Waals surface area contributed by atoms with E-state index in [1.165, 1.54) is 16.4 Å². The van der Waals surface area contributed by atoms with Crippen LogP contribution in [-0.2, 0) is 7.05 Å². The molecule has 0 bridgehead atoms. The Balaban J connectivity index is 1.77. The van der Waals surface area contributed by atoms with E-state index >= 15 is 0 Å². The molecule has 6 nitrogen and oxygen atoms in total. The smallest absolute Gasteiger partial charge is 0.271 e. The highest BCUT2D eigenvalue weighted by atomic mass is 16.2. The zero-order valence-corrected chi connectivity index (χ0v) is 12.2. The van der Waals surface area contributed by atoms with Gasteiger partial charge < -0.3 is 10.2 Å². The zero-order valence-electron chi connectivity index (χ0n) is 12.2. The summed E-state index contributed by atoms with van der Waals surface area (Å²) >= 11 is 0. The Hall–Kier alpha value is -2.21. The Morgan fingerprint density at radius 3 is 2.67 bits per heavy atom. The maximum atomic E-state index is 12.3. The summed E-state index contributed by atoms with van der Waals surface area (Å²) in [6, 6.07) is 10.4. The van der Waals surface area contributed by atoms with E-state index in [4.69, 9.17) is 0 Å². The molecule has 1 saturated heterocycles. The molecule has 0 saturated carbocycles. The molecule has 2 atom stereocenters. The standard InChI is InChI=1S/C15H19N5O/c1-19-9-12(11-6-4-3-5-7-11)13(10-19)17-15(21)14-8-16-18-20(14)2/h3-8,12-13H,9-10H2,1-2H3,(H,17,21). The molecule has 3 rings (SSSR count). The van der Waals surface area contributed by atoms with Gasteiger partial charge in [0, 0.05) is 32.1 Å². The van der Waals surface area contributed by atoms with E-state index < -0.39 is 0 Å². The fourth-order valence-corrected chi connectivity index (χ4v) is 2.92. The van der Waals surface area contributed by atoms with Crippen molar-refractivity contribution in [1.29, 1.82) is 0 Å². The van der Waals surface area contributed by atoms with Crippen molar-refractivity contribution in [3.05, 3.63) is 47.8 Å². The van der Waals surface area contributed by atoms with Gasteiger partial charge in [0.05, 0.1) is 6.20 Å². The Labute approximate surface area is 123 Å². The van der Waals surface area contributed by atoms with Crippen molar-refractivity contribution in [3.8, 4) is 0 Å². The van der Waals surface area contributed by atoms with Crippen molar-refractivity contribution < 1.29 is 4.79 Å². The van der Waals surface area contributed by atoms with Crippen LogP contribution in [0, 0.1) is 0 Å². The largest absolute Gasteiger partial charge is 0.346 e. The highest BCUT2D eigenvalue weighted by molar-refractivity contribution is 5.92. The molecule has 1 aromatic carbocycles. The summed E-state index contributed by atoms with van der Waals surface area (Å²) in [5.74, 6) is 0.185. The molecule has 6 heteroatoms. The van der Waals surface area contributed by atoms with Gasteiger partial charge in [0.15, 0.2) is 0 Å². The third-order valence-corrected chi connectivity index (χ3v) is 3.99. The number of nitrogens with zero attached hydrogens (tertiary/aromatic N) is 4. The van der Waals surface area contributed by atoms with Crippen LogP contribution in [-0.4, -0.2) is 52.0 Å². The van der Waals surface area contributed by atoms with Gasteiger partial charge in [0.2, 0.25) is 0 Å². The van der Waals surface area contributed by atoms with Crippen LogP contribution in [0.5, 0.6) is 0 Å². The molecule has 2 unspecified atom stereocenters. The summed E-state index contributed by atoms with van der Waals surface area (Å²) in [6.45, 7) is 1.79. The third-order valence-electron chi connectivity index (χ3n) is 3.99. The maximum absolute atomic E-state index is 12.3. The van der Waals surface area contributed by atoms with Gasteiger partial charge >= 0.3 is 0 Å². The van der Waals surface area contributed by atoms with E-state index in [2.05, 4.69) is 39.7 Å². The van der Waals surface area contributed by atoms with Gasteiger partial charge in [0.25, 0.3) is 5.91 Å². The van der Waals surface area contributed by atoms with E-state index in [0.29, 0.717) is 11.6 Å². The van der Waals surface area contributed by atoms with Crippen molar-refractivity contribution in [2.45, 2.75) is 12.0 Å². The first-order valence-corrected chi connectivity index (χ1v) is 7.04. The maximum Gasteiger partial charge on any atom is 0.271 e. The number of likely N-dealkylation sites (tertiary alicyclic amines) is 1. The topological polar surface area (TPSA) is 63.1 Å². The molecule has 0 aliphatic carbocycles. The predicted molar refractivity (Wildman–Crippen MR) is 78.9 cm³/mol. The van der Waals surface area contributed by atoms with E-state index in [9.17, 15) is 4.79 Å². The van der Waals surface area contributed by atoms with E-state index in [1.807, 2.05) is 18.2 Å². The number of benzene rings is 1. The number of aryl methyl sites for hydroxylation is 1. The lowest BCUT2D eigenvalue weighted by Crippen LogP contribution is -2.40. The molecular weight excluding hydrogens is 266 g/mol. The molecule has 0 spiro atoms. The molecular formula is C15H19N5O. The molecule has 1 N–H and O–H groups in total. The number of nitrogens with one attached hydrogen (secondary N) is 1. The number of aromatic nitrogens is 3. The van der Waals surface area contributed by atoms with Crippen molar-refractivity contribution in [3.63, 3.8) is 0 Å². The Morgan fingerprint density at radius 2 is 2.00 bits per heavy atom. The average molecular weight is 285 g/mol. The van der Waals surface area contributed by atoms with Crippen LogP contribution >= 0.6 is 0 Å². The van der Waals surface area contributed by atoms with E-state index in [0.717, 1.165) is 13.1 Å². The van der Waals surface area contributed by atoms with Crippen LogP contribution in [0.25, 0.3) is 0 Å². The minimum absolute atomic E-state index is 0.0970. The second kappa shape index (κ2) is 5.65. The lowest BCUT2D eigenvalue weighted by molar-refractivity contribution is 0.0926. The number of hydrogen-bond acceptors (Lipinski definition) is 4. The van der Waals surface area contributed by atoms with Crippen LogP contribution < -0.4 is 5.32 Å². The lowest BCUT2D eigenvalue weighted by Gasteiger charge is -2.20. The third kappa shape index (κ3) is 2.80. The highest BCUT2D eigenvalue weighted by Gasteiger charge is 2.33. The molecule has 1 aliphatic rings. The summed E-state index contributed by atoms with van der Waals surface area (Å²) in [5.41, 5.74) is 1.74. The van der Waals surface area contributed by atoms with Gasteiger partial charge in [-0.05, 0) is 12.6 Å². The van der Waals surface area contributed by atoms with Crippen LogP contribution in [0.3, 0.4) is 0 Å². The Bertz CT molecular complexity index is 624. The molecule has 0 radical (unpaired) electrons. The molecule has 2 aromatic rings. The first-order valence-electron chi connectivity index (χ1n) is 7.04. The number of carbonyl (C=O) groups is 1. The second-order valence-corrected chi connectivity index (χ2v) is 5.56. The first-order chi connectivity index (χ1) is 10.1. The van der Waals surface area contributed by atoms with Gasteiger partial charge in [-0.3, -0.25) is 4.79 Å². The second-order valence-electron chi connectivity index (χ2n) is 5.56. The van der Waals surface area contributed by atoms with Gasteiger partial charge in [-0.1, -0.05) is 35.5 Å². The van der Waals surface area contributed by atoms with Crippen molar-refractivity contribution in [2.24, 2.45) is 7.05 Å². The Kier molecular flexibility index (Phi) is 3.70. The van der Waals surface area contributed by atoms with Gasteiger partial charge in [-0.15, -0.1) is 5.10 Å². The van der Waals surface area contributed by atoms with Crippen molar-refractivity contribution in [2.75, 3.05) is 20.1 Å². The molecule has 1 aliphatic heterocycles. The SMILES string of the molecule is CN1CC(NC(=O)c2cnnn2C)C(c2ccccc2)C1. The molecule has 1 fully saturated rings. The summed E-state index contributed by atoms with van der Waals surface area (Å²) in [4.78, 5) is 14.6. The summed E-state index contributed by atoms with van der Waals surface area (Å²) in [7, 11) is 3.80. The van der Waals surface area contributed by atoms with Crippen molar-refractivity contribution >= 4 is 5.91 Å². The first kappa shape index (κ1) is 13.8. The molecule has 110 valence electrons. The highest BCUT2D eigenvalue weighted by Crippen LogP contribution is 2.26. The normalized spacial score (nSPS) is 22.4. The van der Waals surface area contributed by atoms with Crippen LogP contribution in [0.15, 0.2) is 36.5 Å². The Morgan fingerprint density at radius 1 is 1.24 bits per heavy atom. The van der Waals surface area contributed by atoms with E-state index in [1.54, 1.807) is 7.05 Å². The average Bonchev–Trinajstić information content (AvgIpc) is 3.06. The fourth-order valence-electron chi connectivity index (χ4n) is 2.92. The van der Waals surface area contributed by atoms with Crippen LogP contribution in [0.4, 0.5) is 0 Å². The van der Waals surface area contributed by atoms with Gasteiger partial charge in [-0.2, -0.15) is 0 Å². The number of likely N-dealkylation sites (N-methyl/N-ethyl adjacent to an activating group) is 1. The monoisotopic (exact) mass is 285 g/mol. The number of carbonyl (C=O) groups excluding carboxylic acids is 1. The lowest BCUT2D eigenvalue weighted by atomic mass is 9.94. The zero-order chi connectivity index (χ0) is 14.8. The quantitative estimate of drug-likeness (QED) is 0.899. The molecule has 1 aromatic heterocycles. The van der Waals surface area contributed by atoms with Gasteiger partial charge in [-0.25, -0.2) is 4.68 Å². The number of amides is 1. The molecule has 21 heavy (non-hydrogen) atoms. The summed E-state index contributed by atoms with van der Waals surface area (Å²) in [5, 5.41) is 10.7. The van der Waals surface area contributed by atoms with E-state index in [-0.39, 0.29) is 11.9 Å². The summed E-state index contributed by atoms with van der Waals surface area (Å²) < 4.78 is 1.49. The minimum Gasteiger partial charge on any atom is -0.346 e. The predicted octanol–water partition coefficient (Wildman–Crippen LogP) is 0.643. The van der Waals surface area contributed by atoms with Crippen LogP contribution in [0.2, 0.25) is 0 Å². The number of rotatable bonds is 3. The molecule has 1 amide bonds. The summed E-state index contributed by atoms with van der Waals surface area (Å²) in [6.07, 6.45) is 1.49.